The highest BCUT2D eigenvalue weighted by atomic mass is 19.1. The molecule has 0 amide bonds. The van der Waals surface area contributed by atoms with Crippen LogP contribution in [0.5, 0.6) is 0 Å². The first kappa shape index (κ1) is 33.0. The average Bonchev–Trinajstić information content (AvgIpc) is 3.53. The van der Waals surface area contributed by atoms with Crippen molar-refractivity contribution in [3.8, 4) is 0 Å². The van der Waals surface area contributed by atoms with Gasteiger partial charge in [-0.15, -0.1) is 0 Å². The van der Waals surface area contributed by atoms with Crippen LogP contribution in [0.3, 0.4) is 0 Å². The van der Waals surface area contributed by atoms with Crippen molar-refractivity contribution in [2.45, 2.75) is 102 Å². The van der Waals surface area contributed by atoms with Crippen molar-refractivity contribution in [2.75, 3.05) is 13.2 Å². The van der Waals surface area contributed by atoms with Crippen molar-refractivity contribution in [3.05, 3.63) is 65.2 Å². The third-order valence-electron chi connectivity index (χ3n) is 7.57. The molecule has 0 saturated carbocycles. The second-order valence-corrected chi connectivity index (χ2v) is 11.0. The number of nitrogens with one attached hydrogen (secondary N) is 2. The largest absolute Gasteiger partial charge is 0.463 e. The standard InChI is InChI=1S/C28H36F2N4O10/c1-15-11-33(27(39)31-25(15)37)21-9-17(29)19(43-21)13-41-23(35)7-5-3-4-6-8-24(36)42-14-20-18(30)10-22(44-20)34-12-16(2)26(38)32-28(34)40/h11-12,17-22H,3-10,13-14H2,1-2H3,(H,31,37,39)(H,32,38,40)/t17-,18-,19+,20+,21+,22+/m0/s1. The third-order valence-corrected chi connectivity index (χ3v) is 7.57. The molecule has 2 fully saturated rings. The van der Waals surface area contributed by atoms with E-state index in [9.17, 15) is 37.5 Å². The van der Waals surface area contributed by atoms with Crippen molar-refractivity contribution >= 4 is 11.9 Å². The Hall–Kier alpha value is -3.92. The fourth-order valence-corrected chi connectivity index (χ4v) is 5.01. The Morgan fingerprint density at radius 1 is 0.750 bits per heavy atom. The highest BCUT2D eigenvalue weighted by Crippen LogP contribution is 2.31. The topological polar surface area (TPSA) is 181 Å². The van der Waals surface area contributed by atoms with E-state index in [-0.39, 0.29) is 50.0 Å². The molecule has 16 heteroatoms. The maximum absolute atomic E-state index is 14.4. The van der Waals surface area contributed by atoms with Gasteiger partial charge in [0.15, 0.2) is 0 Å². The number of hydrogen-bond donors (Lipinski definition) is 2. The predicted molar refractivity (Wildman–Crippen MR) is 149 cm³/mol. The van der Waals surface area contributed by atoms with Crippen LogP contribution in [0.25, 0.3) is 0 Å². The zero-order valence-corrected chi connectivity index (χ0v) is 24.4. The second kappa shape index (κ2) is 14.7. The van der Waals surface area contributed by atoms with Crippen LogP contribution in [-0.4, -0.2) is 68.8 Å². The molecule has 4 heterocycles. The van der Waals surface area contributed by atoms with E-state index in [1.165, 1.54) is 26.2 Å². The summed E-state index contributed by atoms with van der Waals surface area (Å²) in [5.74, 6) is -1.06. The Morgan fingerprint density at radius 2 is 1.14 bits per heavy atom. The lowest BCUT2D eigenvalue weighted by atomic mass is 10.1. The van der Waals surface area contributed by atoms with Crippen molar-refractivity contribution in [1.29, 1.82) is 0 Å². The molecule has 2 N–H and O–H groups in total. The number of aromatic nitrogens is 4. The summed E-state index contributed by atoms with van der Waals surface area (Å²) in [5.41, 5.74) is -1.95. The SMILES string of the molecule is Cc1cn([C@H]2C[C@H](F)[C@@H](COC(=O)CCCCCCC(=O)OC[C@H]3O[C@@H](n4cc(C)c(=O)[nH]c4=O)C[C@@H]3F)O2)c(=O)[nH]c1=O. The van der Waals surface area contributed by atoms with Crippen LogP contribution in [-0.2, 0) is 28.5 Å². The molecule has 242 valence electrons. The van der Waals surface area contributed by atoms with Gasteiger partial charge in [-0.25, -0.2) is 18.4 Å². The van der Waals surface area contributed by atoms with E-state index in [1.807, 2.05) is 0 Å². The summed E-state index contributed by atoms with van der Waals surface area (Å²) < 4.78 is 52.5. The fourth-order valence-electron chi connectivity index (χ4n) is 5.01. The molecule has 4 rings (SSSR count). The molecule has 0 unspecified atom stereocenters. The number of alkyl halides is 2. The van der Waals surface area contributed by atoms with E-state index in [0.29, 0.717) is 25.7 Å². The molecule has 6 atom stereocenters. The molecule has 0 spiro atoms. The van der Waals surface area contributed by atoms with Crippen molar-refractivity contribution in [3.63, 3.8) is 0 Å². The minimum Gasteiger partial charge on any atom is -0.463 e. The molecular weight excluding hydrogens is 590 g/mol. The number of carbonyl (C=O) groups is 2. The Balaban J connectivity index is 1.07. The van der Waals surface area contributed by atoms with E-state index in [1.54, 1.807) is 0 Å². The number of carbonyl (C=O) groups excluding carboxylic acids is 2. The van der Waals surface area contributed by atoms with E-state index < -0.39 is 71.4 Å². The molecule has 2 aromatic rings. The van der Waals surface area contributed by atoms with Gasteiger partial charge in [0.1, 0.15) is 50.2 Å². The summed E-state index contributed by atoms with van der Waals surface area (Å²) in [4.78, 5) is 75.6. The van der Waals surface area contributed by atoms with Crippen LogP contribution in [0.4, 0.5) is 8.78 Å². The number of aromatic amines is 2. The maximum atomic E-state index is 14.4. The van der Waals surface area contributed by atoms with Crippen LogP contribution in [0.15, 0.2) is 31.6 Å². The van der Waals surface area contributed by atoms with E-state index in [0.717, 1.165) is 9.13 Å². The molecule has 2 aliphatic heterocycles. The molecule has 0 bridgehead atoms. The van der Waals surface area contributed by atoms with E-state index in [4.69, 9.17) is 18.9 Å². The van der Waals surface area contributed by atoms with Crippen LogP contribution in [0, 0.1) is 13.8 Å². The number of H-pyrrole nitrogens is 2. The quantitative estimate of drug-likeness (QED) is 0.244. The van der Waals surface area contributed by atoms with Gasteiger partial charge in [0.25, 0.3) is 11.1 Å². The zero-order chi connectivity index (χ0) is 32.0. The molecule has 2 saturated heterocycles. The van der Waals surface area contributed by atoms with Crippen molar-refractivity contribution in [2.24, 2.45) is 0 Å². The van der Waals surface area contributed by atoms with Crippen molar-refractivity contribution in [1.82, 2.24) is 19.1 Å². The number of aryl methyl sites for hydroxylation is 2. The van der Waals surface area contributed by atoms with Gasteiger partial charge in [-0.1, -0.05) is 12.8 Å². The lowest BCUT2D eigenvalue weighted by Gasteiger charge is -2.16. The Labute approximate surface area is 249 Å². The van der Waals surface area contributed by atoms with Gasteiger partial charge in [0.2, 0.25) is 0 Å². The molecule has 0 aliphatic carbocycles. The molecule has 14 nitrogen and oxygen atoms in total. The monoisotopic (exact) mass is 626 g/mol. The normalized spacial score (nSPS) is 24.8. The molecule has 2 aliphatic rings. The Bertz CT molecular complexity index is 1450. The van der Waals surface area contributed by atoms with Crippen LogP contribution >= 0.6 is 0 Å². The number of esters is 2. The number of hydrogen-bond acceptors (Lipinski definition) is 10. The highest BCUT2D eigenvalue weighted by molar-refractivity contribution is 5.69. The smallest absolute Gasteiger partial charge is 0.330 e. The lowest BCUT2D eigenvalue weighted by molar-refractivity contribution is -0.150. The summed E-state index contributed by atoms with van der Waals surface area (Å²) in [7, 11) is 0. The third kappa shape index (κ3) is 8.37. The average molecular weight is 627 g/mol. The van der Waals surface area contributed by atoms with E-state index in [2.05, 4.69) is 9.97 Å². The van der Waals surface area contributed by atoms with Gasteiger partial charge < -0.3 is 18.9 Å². The van der Waals surface area contributed by atoms with Crippen LogP contribution < -0.4 is 22.5 Å². The first-order valence-corrected chi connectivity index (χ1v) is 14.5. The number of rotatable bonds is 13. The van der Waals surface area contributed by atoms with Gasteiger partial charge in [-0.3, -0.25) is 38.3 Å². The maximum Gasteiger partial charge on any atom is 0.330 e. The summed E-state index contributed by atoms with van der Waals surface area (Å²) in [6.07, 6.45) is -2.14. The molecule has 0 radical (unpaired) electrons. The number of ether oxygens (including phenoxy) is 4. The molecule has 0 aromatic carbocycles. The zero-order valence-electron chi connectivity index (χ0n) is 24.4. The van der Waals surface area contributed by atoms with Gasteiger partial charge >= 0.3 is 23.3 Å². The second-order valence-electron chi connectivity index (χ2n) is 11.0. The highest BCUT2D eigenvalue weighted by Gasteiger charge is 2.39. The minimum atomic E-state index is -1.46. The number of halogens is 2. The van der Waals surface area contributed by atoms with Crippen LogP contribution in [0.2, 0.25) is 0 Å². The first-order valence-electron chi connectivity index (χ1n) is 14.5. The number of unbranched alkanes of at least 4 members (excludes halogenated alkanes) is 3. The van der Waals surface area contributed by atoms with Gasteiger partial charge in [-0.2, -0.15) is 0 Å². The minimum absolute atomic E-state index is 0.0894. The van der Waals surface area contributed by atoms with Gasteiger partial charge in [0, 0.05) is 49.2 Å². The molecule has 2 aromatic heterocycles. The molecule has 44 heavy (non-hydrogen) atoms. The van der Waals surface area contributed by atoms with Gasteiger partial charge in [0.05, 0.1) is 0 Å². The summed E-state index contributed by atoms with van der Waals surface area (Å²) in [5, 5.41) is 0. The summed E-state index contributed by atoms with van der Waals surface area (Å²) >= 11 is 0. The summed E-state index contributed by atoms with van der Waals surface area (Å²) in [6, 6.07) is 0. The van der Waals surface area contributed by atoms with Crippen molar-refractivity contribution < 1.29 is 37.3 Å². The fraction of sp³-hybridized carbons (Fsp3) is 0.643. The van der Waals surface area contributed by atoms with Crippen LogP contribution in [0.1, 0.15) is 74.9 Å². The Morgan fingerprint density at radius 3 is 1.52 bits per heavy atom. The van der Waals surface area contributed by atoms with Gasteiger partial charge in [-0.05, 0) is 26.7 Å². The lowest BCUT2D eigenvalue weighted by Crippen LogP contribution is -2.33. The number of nitrogens with zero attached hydrogens (tertiary/aromatic N) is 2. The first-order chi connectivity index (χ1) is 20.9. The molecular formula is C28H36F2N4O10. The van der Waals surface area contributed by atoms with E-state index >= 15 is 0 Å². The summed E-state index contributed by atoms with van der Waals surface area (Å²) in [6.45, 7) is 2.39. The Kier molecular flexibility index (Phi) is 11.0. The predicted octanol–water partition coefficient (Wildman–Crippen LogP) is 1.38.